The third-order valence-electron chi connectivity index (χ3n) is 3.52. The highest BCUT2D eigenvalue weighted by atomic mass is 79.9. The first-order chi connectivity index (χ1) is 8.72. The summed E-state index contributed by atoms with van der Waals surface area (Å²) in [5.74, 6) is 0.644. The van der Waals surface area contributed by atoms with Gasteiger partial charge in [0.05, 0.1) is 10.6 Å². The number of rotatable bonds is 4. The van der Waals surface area contributed by atoms with Gasteiger partial charge in [-0.1, -0.05) is 0 Å². The summed E-state index contributed by atoms with van der Waals surface area (Å²) < 4.78 is 20.2. The lowest BCUT2D eigenvalue weighted by atomic mass is 10.0. The maximum absolute atomic E-state index is 13.5. The SMILES string of the molecule is Fc1cc(Br)c(OC2CC2)c(CC2CCCN2)c1. The molecule has 1 saturated heterocycles. The van der Waals surface area contributed by atoms with E-state index in [1.165, 1.54) is 12.5 Å². The van der Waals surface area contributed by atoms with Crippen molar-refractivity contribution in [3.63, 3.8) is 0 Å². The highest BCUT2D eigenvalue weighted by Gasteiger charge is 2.27. The Morgan fingerprint density at radius 2 is 2.17 bits per heavy atom. The van der Waals surface area contributed by atoms with Crippen LogP contribution in [0.25, 0.3) is 0 Å². The number of hydrogen-bond acceptors (Lipinski definition) is 2. The summed E-state index contributed by atoms with van der Waals surface area (Å²) in [6.07, 6.45) is 5.78. The van der Waals surface area contributed by atoms with E-state index >= 15 is 0 Å². The summed E-state index contributed by atoms with van der Waals surface area (Å²) in [7, 11) is 0. The number of ether oxygens (including phenoxy) is 1. The molecule has 2 aliphatic rings. The van der Waals surface area contributed by atoms with E-state index in [4.69, 9.17) is 4.74 Å². The number of halogens is 2. The maximum atomic E-state index is 13.5. The zero-order chi connectivity index (χ0) is 12.5. The van der Waals surface area contributed by atoms with E-state index < -0.39 is 0 Å². The summed E-state index contributed by atoms with van der Waals surface area (Å²) in [5.41, 5.74) is 0.980. The average Bonchev–Trinajstić information content (AvgIpc) is 2.99. The molecular formula is C14H17BrFNO. The standard InChI is InChI=1S/C14H17BrFNO/c15-13-8-10(16)6-9(7-11-2-1-5-17-11)14(13)18-12-3-4-12/h6,8,11-12,17H,1-5,7H2. The van der Waals surface area contributed by atoms with Crippen LogP contribution in [0.3, 0.4) is 0 Å². The van der Waals surface area contributed by atoms with Crippen molar-refractivity contribution in [1.82, 2.24) is 5.32 Å². The zero-order valence-electron chi connectivity index (χ0n) is 10.2. The molecule has 1 N–H and O–H groups in total. The lowest BCUT2D eigenvalue weighted by Gasteiger charge is -2.16. The molecule has 0 aromatic heterocycles. The molecule has 1 aromatic rings. The van der Waals surface area contributed by atoms with Gasteiger partial charge in [0.15, 0.2) is 0 Å². The average molecular weight is 314 g/mol. The number of nitrogens with one attached hydrogen (secondary N) is 1. The predicted molar refractivity (Wildman–Crippen MR) is 72.5 cm³/mol. The zero-order valence-corrected chi connectivity index (χ0v) is 11.8. The summed E-state index contributed by atoms with van der Waals surface area (Å²) in [4.78, 5) is 0. The van der Waals surface area contributed by atoms with Gasteiger partial charge >= 0.3 is 0 Å². The summed E-state index contributed by atoms with van der Waals surface area (Å²) in [5, 5.41) is 3.45. The first-order valence-corrected chi connectivity index (χ1v) is 7.39. The maximum Gasteiger partial charge on any atom is 0.137 e. The molecule has 1 atom stereocenters. The van der Waals surface area contributed by atoms with Crippen molar-refractivity contribution in [2.75, 3.05) is 6.54 Å². The van der Waals surface area contributed by atoms with E-state index in [0.29, 0.717) is 12.1 Å². The molecule has 2 nitrogen and oxygen atoms in total. The van der Waals surface area contributed by atoms with Crippen molar-refractivity contribution < 1.29 is 9.13 Å². The smallest absolute Gasteiger partial charge is 0.137 e. The Labute approximate surface area is 115 Å². The molecule has 98 valence electrons. The molecule has 0 radical (unpaired) electrons. The van der Waals surface area contributed by atoms with Gasteiger partial charge in [-0.2, -0.15) is 0 Å². The monoisotopic (exact) mass is 313 g/mol. The second kappa shape index (κ2) is 5.17. The molecule has 1 heterocycles. The molecule has 1 saturated carbocycles. The Kier molecular flexibility index (Phi) is 3.57. The molecule has 3 rings (SSSR count). The molecule has 18 heavy (non-hydrogen) atoms. The van der Waals surface area contributed by atoms with Crippen LogP contribution in [-0.2, 0) is 6.42 Å². The minimum Gasteiger partial charge on any atom is -0.489 e. The van der Waals surface area contributed by atoms with Gasteiger partial charge in [0.2, 0.25) is 0 Å². The molecule has 1 aliphatic carbocycles. The first-order valence-electron chi connectivity index (χ1n) is 6.60. The lowest BCUT2D eigenvalue weighted by Crippen LogP contribution is -2.24. The normalized spacial score (nSPS) is 23.3. The molecule has 2 fully saturated rings. The third-order valence-corrected chi connectivity index (χ3v) is 4.11. The van der Waals surface area contributed by atoms with Gasteiger partial charge in [0.1, 0.15) is 11.6 Å². The van der Waals surface area contributed by atoms with Crippen molar-refractivity contribution >= 4 is 15.9 Å². The Balaban J connectivity index is 1.83. The van der Waals surface area contributed by atoms with Crippen molar-refractivity contribution in [1.29, 1.82) is 0 Å². The number of hydrogen-bond donors (Lipinski definition) is 1. The van der Waals surface area contributed by atoms with Crippen LogP contribution < -0.4 is 10.1 Å². The van der Waals surface area contributed by atoms with Crippen LogP contribution in [0.2, 0.25) is 0 Å². The first kappa shape index (κ1) is 12.4. The van der Waals surface area contributed by atoms with Crippen LogP contribution in [0.4, 0.5) is 4.39 Å². The van der Waals surface area contributed by atoms with Crippen LogP contribution in [0.5, 0.6) is 5.75 Å². The van der Waals surface area contributed by atoms with Gasteiger partial charge in [-0.25, -0.2) is 4.39 Å². The molecule has 4 heteroatoms. The van der Waals surface area contributed by atoms with Crippen molar-refractivity contribution in [2.24, 2.45) is 0 Å². The topological polar surface area (TPSA) is 21.3 Å². The quantitative estimate of drug-likeness (QED) is 0.919. The summed E-state index contributed by atoms with van der Waals surface area (Å²) in [6, 6.07) is 3.56. The van der Waals surface area contributed by atoms with Crippen LogP contribution in [0, 0.1) is 5.82 Å². The van der Waals surface area contributed by atoms with Crippen molar-refractivity contribution in [2.45, 2.75) is 44.2 Å². The highest BCUT2D eigenvalue weighted by molar-refractivity contribution is 9.10. The van der Waals surface area contributed by atoms with E-state index in [-0.39, 0.29) is 5.82 Å². The van der Waals surface area contributed by atoms with E-state index in [1.54, 1.807) is 6.07 Å². The lowest BCUT2D eigenvalue weighted by molar-refractivity contribution is 0.296. The molecule has 0 amide bonds. The Bertz CT molecular complexity index is 442. The minimum absolute atomic E-state index is 0.196. The van der Waals surface area contributed by atoms with E-state index in [9.17, 15) is 4.39 Å². The number of benzene rings is 1. The molecule has 1 aromatic carbocycles. The van der Waals surface area contributed by atoms with Gasteiger partial charge < -0.3 is 10.1 Å². The predicted octanol–water partition coefficient (Wildman–Crippen LogP) is 3.42. The Morgan fingerprint density at radius 1 is 1.33 bits per heavy atom. The van der Waals surface area contributed by atoms with E-state index in [1.807, 2.05) is 0 Å². The minimum atomic E-state index is -0.196. The highest BCUT2D eigenvalue weighted by Crippen LogP contribution is 2.36. The molecular weight excluding hydrogens is 297 g/mol. The van der Waals surface area contributed by atoms with Gasteiger partial charge in [-0.05, 0) is 72.3 Å². The summed E-state index contributed by atoms with van der Waals surface area (Å²) >= 11 is 3.42. The Morgan fingerprint density at radius 3 is 2.83 bits per heavy atom. The largest absolute Gasteiger partial charge is 0.489 e. The third kappa shape index (κ3) is 2.86. The van der Waals surface area contributed by atoms with E-state index in [2.05, 4.69) is 21.2 Å². The van der Waals surface area contributed by atoms with Crippen LogP contribution in [-0.4, -0.2) is 18.7 Å². The molecule has 1 unspecified atom stereocenters. The van der Waals surface area contributed by atoms with Crippen molar-refractivity contribution in [3.8, 4) is 5.75 Å². The van der Waals surface area contributed by atoms with Crippen LogP contribution in [0.15, 0.2) is 16.6 Å². The second-order valence-electron chi connectivity index (χ2n) is 5.19. The Hall–Kier alpha value is -0.610. The second-order valence-corrected chi connectivity index (χ2v) is 6.04. The summed E-state index contributed by atoms with van der Waals surface area (Å²) in [6.45, 7) is 1.07. The van der Waals surface area contributed by atoms with Crippen LogP contribution in [0.1, 0.15) is 31.2 Å². The van der Waals surface area contributed by atoms with Crippen molar-refractivity contribution in [3.05, 3.63) is 28.0 Å². The fourth-order valence-electron chi connectivity index (χ4n) is 2.45. The molecule has 0 spiro atoms. The molecule has 1 aliphatic heterocycles. The fraction of sp³-hybridized carbons (Fsp3) is 0.571. The molecule has 0 bridgehead atoms. The van der Waals surface area contributed by atoms with E-state index in [0.717, 1.165) is 48.0 Å². The van der Waals surface area contributed by atoms with Gasteiger partial charge in [0, 0.05) is 6.04 Å². The van der Waals surface area contributed by atoms with Gasteiger partial charge in [-0.15, -0.1) is 0 Å². The van der Waals surface area contributed by atoms with Gasteiger partial charge in [-0.3, -0.25) is 0 Å². The van der Waals surface area contributed by atoms with Crippen LogP contribution >= 0.6 is 15.9 Å². The van der Waals surface area contributed by atoms with Gasteiger partial charge in [0.25, 0.3) is 0 Å². The fourth-order valence-corrected chi connectivity index (χ4v) is 3.01.